The largest absolute Gasteiger partial charge is 0.462 e. The normalized spacial score (nSPS) is 12.7. The molecule has 0 aliphatic carbocycles. The zero-order chi connectivity index (χ0) is 50.0. The molecule has 0 aliphatic heterocycles. The number of carbonyl (C=O) groups excluding carboxylic acids is 3. The Morgan fingerprint density at radius 3 is 0.884 bits per heavy atom. The molecule has 0 amide bonds. The average Bonchev–Trinajstić information content (AvgIpc) is 3.35. The van der Waals surface area contributed by atoms with Crippen molar-refractivity contribution >= 4 is 17.9 Å². The van der Waals surface area contributed by atoms with Gasteiger partial charge in [0.1, 0.15) is 13.2 Å². The molecular weight excluding hydrogens is 853 g/mol. The summed E-state index contributed by atoms with van der Waals surface area (Å²) in [6, 6.07) is 0. The van der Waals surface area contributed by atoms with Crippen molar-refractivity contribution in [3.8, 4) is 0 Å². The highest BCUT2D eigenvalue weighted by molar-refractivity contribution is 5.71. The van der Waals surface area contributed by atoms with Crippen LogP contribution in [0.4, 0.5) is 0 Å². The van der Waals surface area contributed by atoms with Gasteiger partial charge in [-0.25, -0.2) is 0 Å². The molecular formula is C63H108O6. The minimum Gasteiger partial charge on any atom is -0.462 e. The van der Waals surface area contributed by atoms with Crippen LogP contribution in [0.5, 0.6) is 0 Å². The molecule has 1 atom stereocenters. The first-order chi connectivity index (χ1) is 34.0. The van der Waals surface area contributed by atoms with Crippen molar-refractivity contribution in [2.24, 2.45) is 0 Å². The van der Waals surface area contributed by atoms with E-state index in [4.69, 9.17) is 14.2 Å². The summed E-state index contributed by atoms with van der Waals surface area (Å²) in [6.07, 6.45) is 74.8. The standard InChI is InChI=1S/C63H108O6/c1-4-7-10-13-15-17-19-21-23-25-27-28-29-30-31-32-33-34-36-37-39-41-43-45-47-50-53-56-62(65)68-59-60(58-67-61(64)55-52-49-12-9-6-3)69-63(66)57-54-51-48-46-44-42-40-38-35-26-24-22-20-18-16-14-11-8-5-2/h8,11,16,18-19,21-22,24-25,27,29-30,35,38,60H,4-7,9-10,12-15,17,20,23,26,28,31-34,36-37,39-59H2,1-3H3/b11-8-,18-16-,21-19-,24-22-,27-25-,30-29-,38-35-. The van der Waals surface area contributed by atoms with Gasteiger partial charge >= 0.3 is 17.9 Å². The fourth-order valence-corrected chi connectivity index (χ4v) is 8.03. The Kier molecular flexibility index (Phi) is 54.3. The maximum atomic E-state index is 12.8. The monoisotopic (exact) mass is 961 g/mol. The number of hydrogen-bond donors (Lipinski definition) is 0. The molecule has 0 aromatic heterocycles. The van der Waals surface area contributed by atoms with Crippen molar-refractivity contribution in [1.29, 1.82) is 0 Å². The lowest BCUT2D eigenvalue weighted by atomic mass is 10.0. The summed E-state index contributed by atoms with van der Waals surface area (Å²) in [4.78, 5) is 37.8. The van der Waals surface area contributed by atoms with Crippen molar-refractivity contribution in [2.45, 2.75) is 284 Å². The zero-order valence-electron chi connectivity index (χ0n) is 45.3. The first-order valence-corrected chi connectivity index (χ1v) is 29.1. The van der Waals surface area contributed by atoms with Crippen LogP contribution in [-0.4, -0.2) is 37.2 Å². The van der Waals surface area contributed by atoms with Gasteiger partial charge in [-0.05, 0) is 96.3 Å². The highest BCUT2D eigenvalue weighted by atomic mass is 16.6. The molecule has 0 N–H and O–H groups in total. The van der Waals surface area contributed by atoms with E-state index >= 15 is 0 Å². The predicted molar refractivity (Wildman–Crippen MR) is 297 cm³/mol. The first kappa shape index (κ1) is 65.6. The van der Waals surface area contributed by atoms with Crippen LogP contribution in [0.15, 0.2) is 85.1 Å². The van der Waals surface area contributed by atoms with Crippen molar-refractivity contribution in [1.82, 2.24) is 0 Å². The van der Waals surface area contributed by atoms with E-state index in [0.717, 1.165) is 116 Å². The van der Waals surface area contributed by atoms with E-state index in [1.165, 1.54) is 122 Å². The molecule has 0 saturated heterocycles. The molecule has 0 heterocycles. The summed E-state index contributed by atoms with van der Waals surface area (Å²) < 4.78 is 16.7. The maximum Gasteiger partial charge on any atom is 0.306 e. The van der Waals surface area contributed by atoms with Crippen LogP contribution in [0.2, 0.25) is 0 Å². The molecule has 0 spiro atoms. The lowest BCUT2D eigenvalue weighted by Gasteiger charge is -2.18. The van der Waals surface area contributed by atoms with Crippen molar-refractivity contribution in [3.05, 3.63) is 85.1 Å². The van der Waals surface area contributed by atoms with Gasteiger partial charge in [-0.15, -0.1) is 0 Å². The highest BCUT2D eigenvalue weighted by Crippen LogP contribution is 2.15. The van der Waals surface area contributed by atoms with Crippen LogP contribution in [-0.2, 0) is 28.6 Å². The van der Waals surface area contributed by atoms with Crippen molar-refractivity contribution in [3.63, 3.8) is 0 Å². The Bertz CT molecular complexity index is 1330. The maximum absolute atomic E-state index is 12.8. The third-order valence-electron chi connectivity index (χ3n) is 12.4. The van der Waals surface area contributed by atoms with E-state index < -0.39 is 6.10 Å². The van der Waals surface area contributed by atoms with Crippen LogP contribution in [0, 0.1) is 0 Å². The van der Waals surface area contributed by atoms with Gasteiger partial charge in [-0.3, -0.25) is 14.4 Å². The van der Waals surface area contributed by atoms with E-state index in [-0.39, 0.29) is 31.1 Å². The topological polar surface area (TPSA) is 78.9 Å². The van der Waals surface area contributed by atoms with Gasteiger partial charge < -0.3 is 14.2 Å². The molecule has 0 rings (SSSR count). The average molecular weight is 962 g/mol. The Labute approximate surface area is 426 Å². The minimum atomic E-state index is -0.781. The van der Waals surface area contributed by atoms with E-state index in [1.54, 1.807) is 0 Å². The summed E-state index contributed by atoms with van der Waals surface area (Å²) in [7, 11) is 0. The zero-order valence-corrected chi connectivity index (χ0v) is 45.3. The van der Waals surface area contributed by atoms with Crippen molar-refractivity contribution < 1.29 is 28.6 Å². The molecule has 69 heavy (non-hydrogen) atoms. The molecule has 6 nitrogen and oxygen atoms in total. The summed E-state index contributed by atoms with van der Waals surface area (Å²) in [5.41, 5.74) is 0. The molecule has 396 valence electrons. The molecule has 0 aromatic carbocycles. The van der Waals surface area contributed by atoms with Gasteiger partial charge in [0, 0.05) is 19.3 Å². The number of ether oxygens (including phenoxy) is 3. The predicted octanol–water partition coefficient (Wildman–Crippen LogP) is 19.5. The number of allylic oxidation sites excluding steroid dienone is 14. The molecule has 0 saturated carbocycles. The molecule has 0 aliphatic rings. The second kappa shape index (κ2) is 57.2. The van der Waals surface area contributed by atoms with Crippen LogP contribution < -0.4 is 0 Å². The van der Waals surface area contributed by atoms with Gasteiger partial charge in [0.05, 0.1) is 0 Å². The number of esters is 3. The lowest BCUT2D eigenvalue weighted by Crippen LogP contribution is -2.30. The molecule has 0 bridgehead atoms. The van der Waals surface area contributed by atoms with Gasteiger partial charge in [-0.1, -0.05) is 247 Å². The Balaban J connectivity index is 4.09. The van der Waals surface area contributed by atoms with Crippen molar-refractivity contribution in [2.75, 3.05) is 13.2 Å². The SMILES string of the molecule is CC/C=C\C/C=C\C/C=C\C/C=C\CCCCCCCCC(=O)OC(COC(=O)CCCCCCC)COC(=O)CCCCCCCCCCCCCC/C=C\C/C=C\C/C=C\CCCCCCC. The molecule has 0 aromatic rings. The van der Waals surface area contributed by atoms with Gasteiger partial charge in [0.2, 0.25) is 0 Å². The van der Waals surface area contributed by atoms with Gasteiger partial charge in [-0.2, -0.15) is 0 Å². The number of unbranched alkanes of at least 4 members (excludes halogenated alkanes) is 27. The molecule has 1 unspecified atom stereocenters. The summed E-state index contributed by atoms with van der Waals surface area (Å²) in [5.74, 6) is -0.909. The van der Waals surface area contributed by atoms with Crippen LogP contribution in [0.3, 0.4) is 0 Å². The first-order valence-electron chi connectivity index (χ1n) is 29.1. The molecule has 6 heteroatoms. The van der Waals surface area contributed by atoms with Gasteiger partial charge in [0.15, 0.2) is 6.10 Å². The van der Waals surface area contributed by atoms with E-state index in [0.29, 0.717) is 19.3 Å². The molecule has 0 radical (unpaired) electrons. The van der Waals surface area contributed by atoms with Crippen LogP contribution >= 0.6 is 0 Å². The fourth-order valence-electron chi connectivity index (χ4n) is 8.03. The number of rotatable bonds is 52. The Morgan fingerprint density at radius 1 is 0.304 bits per heavy atom. The summed E-state index contributed by atoms with van der Waals surface area (Å²) in [6.45, 7) is 6.43. The summed E-state index contributed by atoms with van der Waals surface area (Å²) in [5, 5.41) is 0. The number of carbonyl (C=O) groups is 3. The second-order valence-electron chi connectivity index (χ2n) is 19.2. The smallest absolute Gasteiger partial charge is 0.306 e. The summed E-state index contributed by atoms with van der Waals surface area (Å²) >= 11 is 0. The van der Waals surface area contributed by atoms with E-state index in [9.17, 15) is 14.4 Å². The Hall–Kier alpha value is -3.41. The third-order valence-corrected chi connectivity index (χ3v) is 12.4. The Morgan fingerprint density at radius 2 is 0.565 bits per heavy atom. The fraction of sp³-hybridized carbons (Fsp3) is 0.730. The van der Waals surface area contributed by atoms with E-state index in [1.807, 2.05) is 0 Å². The van der Waals surface area contributed by atoms with E-state index in [2.05, 4.69) is 106 Å². The minimum absolute atomic E-state index is 0.0830. The van der Waals surface area contributed by atoms with Crippen LogP contribution in [0.1, 0.15) is 278 Å². The second-order valence-corrected chi connectivity index (χ2v) is 19.2. The lowest BCUT2D eigenvalue weighted by molar-refractivity contribution is -0.167. The quantitative estimate of drug-likeness (QED) is 0.0262. The molecule has 0 fully saturated rings. The van der Waals surface area contributed by atoms with Crippen LogP contribution in [0.25, 0.3) is 0 Å². The number of hydrogen-bond acceptors (Lipinski definition) is 6. The van der Waals surface area contributed by atoms with Gasteiger partial charge in [0.25, 0.3) is 0 Å². The third kappa shape index (κ3) is 55.4. The highest BCUT2D eigenvalue weighted by Gasteiger charge is 2.19.